The Balaban J connectivity index is 1.52. The highest BCUT2D eigenvalue weighted by atomic mass is 32.1. The van der Waals surface area contributed by atoms with E-state index in [1.54, 1.807) is 18.3 Å². The minimum atomic E-state index is -0.346. The van der Waals surface area contributed by atoms with E-state index in [0.29, 0.717) is 17.5 Å². The van der Waals surface area contributed by atoms with Crippen LogP contribution in [0.1, 0.15) is 31.4 Å². The largest absolute Gasteiger partial charge is 0.349 e. The SMILES string of the molecule is C[C@H]1Cc2cc([N+](=O)[O-])ccc2N1Cn1nc(-c2cccnc2)n(C2CC2)c1=S. The van der Waals surface area contributed by atoms with Crippen molar-refractivity contribution in [2.24, 2.45) is 0 Å². The number of nitrogens with zero attached hydrogens (tertiary/aromatic N) is 6. The van der Waals surface area contributed by atoms with Crippen molar-refractivity contribution >= 4 is 23.6 Å². The van der Waals surface area contributed by atoms with Crippen LogP contribution in [0.4, 0.5) is 11.4 Å². The van der Waals surface area contributed by atoms with Crippen molar-refractivity contribution in [1.29, 1.82) is 0 Å². The van der Waals surface area contributed by atoms with Gasteiger partial charge in [0.2, 0.25) is 0 Å². The summed E-state index contributed by atoms with van der Waals surface area (Å²) in [5.74, 6) is 0.848. The third-order valence-electron chi connectivity index (χ3n) is 5.62. The predicted octanol–water partition coefficient (Wildman–Crippen LogP) is 4.13. The number of anilines is 1. The second kappa shape index (κ2) is 6.77. The molecule has 3 aromatic rings. The number of hydrogen-bond acceptors (Lipinski definition) is 6. The van der Waals surface area contributed by atoms with E-state index in [1.807, 2.05) is 29.1 Å². The van der Waals surface area contributed by atoms with Crippen molar-refractivity contribution in [3.8, 4) is 11.4 Å². The van der Waals surface area contributed by atoms with Crippen LogP contribution in [0.25, 0.3) is 11.4 Å². The fraction of sp³-hybridized carbons (Fsp3) is 0.350. The topological polar surface area (TPSA) is 82.0 Å². The maximum atomic E-state index is 11.1. The fourth-order valence-corrected chi connectivity index (χ4v) is 4.36. The smallest absolute Gasteiger partial charge is 0.269 e. The molecule has 1 aromatic carbocycles. The van der Waals surface area contributed by atoms with Crippen LogP contribution in [0.5, 0.6) is 0 Å². The summed E-state index contributed by atoms with van der Waals surface area (Å²) in [4.78, 5) is 17.2. The second-order valence-electron chi connectivity index (χ2n) is 7.68. The molecule has 2 aliphatic rings. The molecule has 0 bridgehead atoms. The first kappa shape index (κ1) is 18.0. The Bertz CT molecular complexity index is 1150. The molecule has 1 saturated carbocycles. The van der Waals surface area contributed by atoms with Gasteiger partial charge < -0.3 is 4.90 Å². The van der Waals surface area contributed by atoms with Crippen LogP contribution in [-0.2, 0) is 13.1 Å². The molecule has 2 aromatic heterocycles. The second-order valence-corrected chi connectivity index (χ2v) is 8.05. The van der Waals surface area contributed by atoms with Gasteiger partial charge in [-0.1, -0.05) is 0 Å². The maximum absolute atomic E-state index is 11.1. The van der Waals surface area contributed by atoms with Gasteiger partial charge in [-0.05, 0) is 62.2 Å². The van der Waals surface area contributed by atoms with Crippen molar-refractivity contribution in [1.82, 2.24) is 19.3 Å². The summed E-state index contributed by atoms with van der Waals surface area (Å²) in [5.41, 5.74) is 3.09. The lowest BCUT2D eigenvalue weighted by molar-refractivity contribution is -0.384. The molecule has 3 heterocycles. The number of pyridine rings is 1. The molecule has 1 atom stereocenters. The molecule has 0 N–H and O–H groups in total. The molecule has 0 saturated heterocycles. The number of nitro groups is 1. The highest BCUT2D eigenvalue weighted by Gasteiger charge is 2.32. The quantitative estimate of drug-likeness (QED) is 0.359. The number of hydrogen-bond donors (Lipinski definition) is 0. The van der Waals surface area contributed by atoms with E-state index in [2.05, 4.69) is 21.4 Å². The van der Waals surface area contributed by atoms with Gasteiger partial charge in [-0.15, -0.1) is 5.10 Å². The minimum Gasteiger partial charge on any atom is -0.349 e. The average molecular weight is 408 g/mol. The normalized spacial score (nSPS) is 18.1. The fourth-order valence-electron chi connectivity index (χ4n) is 4.02. The summed E-state index contributed by atoms with van der Waals surface area (Å²) in [6.07, 6.45) is 6.55. The molecule has 0 unspecified atom stereocenters. The summed E-state index contributed by atoms with van der Waals surface area (Å²) in [6, 6.07) is 9.59. The van der Waals surface area contributed by atoms with Crippen LogP contribution < -0.4 is 4.90 Å². The molecule has 1 aliphatic carbocycles. The van der Waals surface area contributed by atoms with E-state index >= 15 is 0 Å². The Kier molecular flexibility index (Phi) is 4.20. The Hall–Kier alpha value is -3.07. The van der Waals surface area contributed by atoms with Crippen LogP contribution >= 0.6 is 12.2 Å². The zero-order valence-corrected chi connectivity index (χ0v) is 16.7. The number of aromatic nitrogens is 4. The molecule has 29 heavy (non-hydrogen) atoms. The summed E-state index contributed by atoms with van der Waals surface area (Å²) >= 11 is 5.78. The molecule has 1 aliphatic heterocycles. The lowest BCUT2D eigenvalue weighted by atomic mass is 10.1. The van der Waals surface area contributed by atoms with Crippen LogP contribution in [-0.4, -0.2) is 30.3 Å². The molecule has 9 heteroatoms. The molecule has 0 spiro atoms. The van der Waals surface area contributed by atoms with E-state index in [1.165, 1.54) is 0 Å². The summed E-state index contributed by atoms with van der Waals surface area (Å²) in [6.45, 7) is 2.63. The third kappa shape index (κ3) is 3.11. The Morgan fingerprint density at radius 2 is 2.14 bits per heavy atom. The number of benzene rings is 1. The van der Waals surface area contributed by atoms with E-state index < -0.39 is 0 Å². The first-order chi connectivity index (χ1) is 14.0. The van der Waals surface area contributed by atoms with E-state index in [4.69, 9.17) is 17.3 Å². The van der Waals surface area contributed by atoms with Gasteiger partial charge in [-0.2, -0.15) is 0 Å². The van der Waals surface area contributed by atoms with Crippen molar-refractivity contribution in [3.63, 3.8) is 0 Å². The zero-order chi connectivity index (χ0) is 20.1. The first-order valence-corrected chi connectivity index (χ1v) is 10.1. The summed E-state index contributed by atoms with van der Waals surface area (Å²) in [5, 5.41) is 15.9. The predicted molar refractivity (Wildman–Crippen MR) is 111 cm³/mol. The molecule has 148 valence electrons. The van der Waals surface area contributed by atoms with Crippen LogP contribution in [0.2, 0.25) is 0 Å². The van der Waals surface area contributed by atoms with Crippen LogP contribution in [0.3, 0.4) is 0 Å². The minimum absolute atomic E-state index is 0.131. The van der Waals surface area contributed by atoms with Crippen molar-refractivity contribution in [2.75, 3.05) is 4.90 Å². The Morgan fingerprint density at radius 1 is 1.31 bits per heavy atom. The van der Waals surface area contributed by atoms with Gasteiger partial charge in [-0.25, -0.2) is 4.68 Å². The van der Waals surface area contributed by atoms with Gasteiger partial charge in [0.1, 0.15) is 6.67 Å². The molecule has 1 fully saturated rings. The van der Waals surface area contributed by atoms with Gasteiger partial charge in [-0.3, -0.25) is 19.7 Å². The summed E-state index contributed by atoms with van der Waals surface area (Å²) < 4.78 is 4.71. The van der Waals surface area contributed by atoms with E-state index in [0.717, 1.165) is 41.9 Å². The number of fused-ring (bicyclic) bond motifs is 1. The van der Waals surface area contributed by atoms with Crippen molar-refractivity contribution < 1.29 is 4.92 Å². The highest BCUT2D eigenvalue weighted by molar-refractivity contribution is 7.71. The number of rotatable bonds is 5. The number of non-ortho nitro benzene ring substituents is 1. The standard InChI is InChI=1S/C20H20N6O2S/c1-13-9-15-10-17(26(27)28)6-7-18(15)23(13)12-24-20(29)25(16-4-5-16)19(22-24)14-3-2-8-21-11-14/h2-3,6-8,10-11,13,16H,4-5,9,12H2,1H3/t13-/m0/s1. The third-order valence-corrected chi connectivity index (χ3v) is 6.03. The van der Waals surface area contributed by atoms with E-state index in [-0.39, 0.29) is 16.7 Å². The number of nitro benzene ring substituents is 1. The van der Waals surface area contributed by atoms with Gasteiger partial charge >= 0.3 is 0 Å². The van der Waals surface area contributed by atoms with Gasteiger partial charge in [0.05, 0.1) is 4.92 Å². The van der Waals surface area contributed by atoms with Crippen molar-refractivity contribution in [2.45, 2.75) is 44.9 Å². The lowest BCUT2D eigenvalue weighted by Gasteiger charge is -2.24. The maximum Gasteiger partial charge on any atom is 0.269 e. The van der Waals surface area contributed by atoms with Gasteiger partial charge in [0.15, 0.2) is 10.6 Å². The Morgan fingerprint density at radius 3 is 2.83 bits per heavy atom. The molecule has 0 amide bonds. The molecular weight excluding hydrogens is 388 g/mol. The summed E-state index contributed by atoms with van der Waals surface area (Å²) in [7, 11) is 0. The molecule has 0 radical (unpaired) electrons. The monoisotopic (exact) mass is 408 g/mol. The zero-order valence-electron chi connectivity index (χ0n) is 15.9. The van der Waals surface area contributed by atoms with Gasteiger partial charge in [0, 0.05) is 47.9 Å². The van der Waals surface area contributed by atoms with Crippen LogP contribution in [0, 0.1) is 14.9 Å². The highest BCUT2D eigenvalue weighted by Crippen LogP contribution is 2.39. The van der Waals surface area contributed by atoms with Crippen LogP contribution in [0.15, 0.2) is 42.7 Å². The average Bonchev–Trinajstić information content (AvgIpc) is 3.44. The van der Waals surface area contributed by atoms with Gasteiger partial charge in [0.25, 0.3) is 5.69 Å². The lowest BCUT2D eigenvalue weighted by Crippen LogP contribution is -2.32. The molecule has 5 rings (SSSR count). The van der Waals surface area contributed by atoms with Crippen molar-refractivity contribution in [3.05, 3.63) is 63.2 Å². The molecular formula is C20H20N6O2S. The van der Waals surface area contributed by atoms with E-state index in [9.17, 15) is 10.1 Å². The Labute approximate surface area is 172 Å². The molecule has 8 nitrogen and oxygen atoms in total. The first-order valence-electron chi connectivity index (χ1n) is 9.66.